The summed E-state index contributed by atoms with van der Waals surface area (Å²) in [5, 5.41) is 6.71. The van der Waals surface area contributed by atoms with Gasteiger partial charge in [0.1, 0.15) is 5.82 Å². The Kier molecular flexibility index (Phi) is 4.75. The van der Waals surface area contributed by atoms with Crippen molar-refractivity contribution in [2.24, 2.45) is 0 Å². The normalized spacial score (nSPS) is 16.6. The molecular weight excluding hydrogens is 228 g/mol. The van der Waals surface area contributed by atoms with Crippen molar-refractivity contribution in [2.45, 2.75) is 39.2 Å². The maximum atomic E-state index is 5.36. The topological polar surface area (TPSA) is 59.1 Å². The molecule has 1 aliphatic rings. The second kappa shape index (κ2) is 6.54. The lowest BCUT2D eigenvalue weighted by atomic mass is 10.1. The maximum Gasteiger partial charge on any atom is 0.224 e. The summed E-state index contributed by atoms with van der Waals surface area (Å²) in [4.78, 5) is 8.81. The van der Waals surface area contributed by atoms with Gasteiger partial charge in [0.05, 0.1) is 0 Å². The number of nitrogens with one attached hydrogen (secondary N) is 2. The van der Waals surface area contributed by atoms with Gasteiger partial charge in [-0.05, 0) is 26.2 Å². The van der Waals surface area contributed by atoms with E-state index in [4.69, 9.17) is 4.74 Å². The number of hydrogen-bond acceptors (Lipinski definition) is 5. The number of rotatable bonds is 5. The second-order valence-electron chi connectivity index (χ2n) is 4.68. The van der Waals surface area contributed by atoms with E-state index in [1.807, 2.05) is 13.1 Å². The SMILES string of the molecule is CCCNc1ncc(C)c(NC2CCOCC2)n1. The fourth-order valence-electron chi connectivity index (χ4n) is 1.95. The van der Waals surface area contributed by atoms with Crippen molar-refractivity contribution in [1.82, 2.24) is 9.97 Å². The van der Waals surface area contributed by atoms with Crippen molar-refractivity contribution in [3.63, 3.8) is 0 Å². The minimum Gasteiger partial charge on any atom is -0.381 e. The fraction of sp³-hybridized carbons (Fsp3) is 0.692. The molecule has 2 rings (SSSR count). The number of ether oxygens (including phenoxy) is 1. The number of aromatic nitrogens is 2. The molecule has 0 spiro atoms. The molecule has 0 amide bonds. The average molecular weight is 250 g/mol. The molecule has 1 aromatic heterocycles. The third-order valence-corrected chi connectivity index (χ3v) is 3.07. The molecule has 0 unspecified atom stereocenters. The van der Waals surface area contributed by atoms with Gasteiger partial charge < -0.3 is 15.4 Å². The zero-order valence-electron chi connectivity index (χ0n) is 11.2. The van der Waals surface area contributed by atoms with Crippen LogP contribution in [0.3, 0.4) is 0 Å². The van der Waals surface area contributed by atoms with Crippen LogP contribution in [0.4, 0.5) is 11.8 Å². The Hall–Kier alpha value is -1.36. The van der Waals surface area contributed by atoms with Crippen molar-refractivity contribution in [2.75, 3.05) is 30.4 Å². The summed E-state index contributed by atoms with van der Waals surface area (Å²) in [6, 6.07) is 0.464. The summed E-state index contributed by atoms with van der Waals surface area (Å²) in [6.07, 6.45) is 5.02. The Labute approximate surface area is 108 Å². The highest BCUT2D eigenvalue weighted by Gasteiger charge is 2.15. The Bertz CT molecular complexity index is 377. The molecule has 0 bridgehead atoms. The van der Waals surface area contributed by atoms with Crippen molar-refractivity contribution in [3.05, 3.63) is 11.8 Å². The Balaban J connectivity index is 2.00. The largest absolute Gasteiger partial charge is 0.381 e. The van der Waals surface area contributed by atoms with E-state index >= 15 is 0 Å². The van der Waals surface area contributed by atoms with E-state index in [-0.39, 0.29) is 0 Å². The van der Waals surface area contributed by atoms with Gasteiger partial charge in [0.2, 0.25) is 5.95 Å². The van der Waals surface area contributed by atoms with Crippen LogP contribution in [0.2, 0.25) is 0 Å². The number of anilines is 2. The molecule has 1 saturated heterocycles. The van der Waals surface area contributed by atoms with E-state index < -0.39 is 0 Å². The smallest absolute Gasteiger partial charge is 0.224 e. The molecule has 18 heavy (non-hydrogen) atoms. The molecule has 0 aliphatic carbocycles. The molecule has 1 fully saturated rings. The van der Waals surface area contributed by atoms with Crippen LogP contribution < -0.4 is 10.6 Å². The van der Waals surface area contributed by atoms with Gasteiger partial charge in [-0.3, -0.25) is 0 Å². The van der Waals surface area contributed by atoms with Crippen LogP contribution in [0.1, 0.15) is 31.7 Å². The van der Waals surface area contributed by atoms with E-state index in [1.54, 1.807) is 0 Å². The van der Waals surface area contributed by atoms with Crippen molar-refractivity contribution < 1.29 is 4.74 Å². The number of aryl methyl sites for hydroxylation is 1. The van der Waals surface area contributed by atoms with Crippen LogP contribution in [0.15, 0.2) is 6.20 Å². The number of nitrogens with zero attached hydrogens (tertiary/aromatic N) is 2. The minimum absolute atomic E-state index is 0.464. The first-order chi connectivity index (χ1) is 8.79. The van der Waals surface area contributed by atoms with Crippen LogP contribution in [-0.4, -0.2) is 35.8 Å². The first-order valence-electron chi connectivity index (χ1n) is 6.71. The van der Waals surface area contributed by atoms with Gasteiger partial charge in [0, 0.05) is 37.6 Å². The summed E-state index contributed by atoms with van der Waals surface area (Å²) in [5.41, 5.74) is 1.09. The Morgan fingerprint density at radius 1 is 1.39 bits per heavy atom. The van der Waals surface area contributed by atoms with Gasteiger partial charge in [0.15, 0.2) is 0 Å². The van der Waals surface area contributed by atoms with Crippen LogP contribution in [0.25, 0.3) is 0 Å². The van der Waals surface area contributed by atoms with E-state index in [0.717, 1.165) is 50.4 Å². The lowest BCUT2D eigenvalue weighted by Crippen LogP contribution is -2.28. The molecule has 0 aromatic carbocycles. The highest BCUT2D eigenvalue weighted by Crippen LogP contribution is 2.17. The minimum atomic E-state index is 0.464. The zero-order valence-corrected chi connectivity index (χ0v) is 11.2. The third-order valence-electron chi connectivity index (χ3n) is 3.07. The fourth-order valence-corrected chi connectivity index (χ4v) is 1.95. The number of hydrogen-bond donors (Lipinski definition) is 2. The molecule has 2 N–H and O–H groups in total. The predicted octanol–water partition coefficient (Wildman–Crippen LogP) is 2.20. The maximum absolute atomic E-state index is 5.36. The van der Waals surface area contributed by atoms with Gasteiger partial charge in [-0.1, -0.05) is 6.92 Å². The summed E-state index contributed by atoms with van der Waals surface area (Å²) in [6.45, 7) is 6.74. The zero-order chi connectivity index (χ0) is 12.8. The van der Waals surface area contributed by atoms with Crippen molar-refractivity contribution >= 4 is 11.8 Å². The van der Waals surface area contributed by atoms with Gasteiger partial charge in [-0.2, -0.15) is 4.98 Å². The molecule has 100 valence electrons. The quantitative estimate of drug-likeness (QED) is 0.839. The van der Waals surface area contributed by atoms with Gasteiger partial charge in [-0.25, -0.2) is 4.98 Å². The highest BCUT2D eigenvalue weighted by atomic mass is 16.5. The summed E-state index contributed by atoms with van der Waals surface area (Å²) in [7, 11) is 0. The molecule has 5 nitrogen and oxygen atoms in total. The molecule has 2 heterocycles. The Morgan fingerprint density at radius 2 is 2.17 bits per heavy atom. The first kappa shape index (κ1) is 13.1. The van der Waals surface area contributed by atoms with Crippen molar-refractivity contribution in [3.8, 4) is 0 Å². The summed E-state index contributed by atoms with van der Waals surface area (Å²) >= 11 is 0. The molecule has 1 aliphatic heterocycles. The molecule has 0 radical (unpaired) electrons. The molecular formula is C13H22N4O. The van der Waals surface area contributed by atoms with Gasteiger partial charge in [-0.15, -0.1) is 0 Å². The van der Waals surface area contributed by atoms with Crippen molar-refractivity contribution in [1.29, 1.82) is 0 Å². The third kappa shape index (κ3) is 3.57. The molecule has 1 aromatic rings. The average Bonchev–Trinajstić information content (AvgIpc) is 2.41. The monoisotopic (exact) mass is 250 g/mol. The molecule has 0 atom stereocenters. The van der Waals surface area contributed by atoms with Crippen LogP contribution >= 0.6 is 0 Å². The van der Waals surface area contributed by atoms with E-state index in [1.165, 1.54) is 0 Å². The summed E-state index contributed by atoms with van der Waals surface area (Å²) < 4.78 is 5.36. The highest BCUT2D eigenvalue weighted by molar-refractivity contribution is 5.47. The Morgan fingerprint density at radius 3 is 2.89 bits per heavy atom. The second-order valence-corrected chi connectivity index (χ2v) is 4.68. The predicted molar refractivity (Wildman–Crippen MR) is 73.0 cm³/mol. The van der Waals surface area contributed by atoms with Gasteiger partial charge in [0.25, 0.3) is 0 Å². The van der Waals surface area contributed by atoms with E-state index in [2.05, 4.69) is 27.5 Å². The first-order valence-corrected chi connectivity index (χ1v) is 6.71. The molecule has 5 heteroatoms. The van der Waals surface area contributed by atoms with E-state index in [9.17, 15) is 0 Å². The van der Waals surface area contributed by atoms with E-state index in [0.29, 0.717) is 12.0 Å². The lowest BCUT2D eigenvalue weighted by Gasteiger charge is -2.24. The van der Waals surface area contributed by atoms with Crippen LogP contribution in [-0.2, 0) is 4.74 Å². The molecule has 0 saturated carbocycles. The van der Waals surface area contributed by atoms with Crippen LogP contribution in [0.5, 0.6) is 0 Å². The lowest BCUT2D eigenvalue weighted by molar-refractivity contribution is 0.0904. The van der Waals surface area contributed by atoms with Crippen LogP contribution in [0, 0.1) is 6.92 Å². The van der Waals surface area contributed by atoms with Gasteiger partial charge >= 0.3 is 0 Å². The standard InChI is InChI=1S/C13H22N4O/c1-3-6-14-13-15-9-10(2)12(17-13)16-11-4-7-18-8-5-11/h9,11H,3-8H2,1-2H3,(H2,14,15,16,17). The summed E-state index contributed by atoms with van der Waals surface area (Å²) in [5.74, 6) is 1.65.